The summed E-state index contributed by atoms with van der Waals surface area (Å²) in [5.41, 5.74) is -2.93. The zero-order valence-corrected chi connectivity index (χ0v) is 19.1. The largest absolute Gasteiger partial charge is 0.364 e. The molecule has 3 heterocycles. The number of hydrogen-bond acceptors (Lipinski definition) is 0. The van der Waals surface area contributed by atoms with Gasteiger partial charge in [-0.1, -0.05) is 0 Å². The number of aromatic nitrogens is 3. The molecule has 0 radical (unpaired) electrons. The first-order valence-corrected chi connectivity index (χ1v) is 11.0. The molecule has 0 amide bonds. The maximum Gasteiger partial charge on any atom is 0.200 e. The molecule has 5 aromatic rings. The minimum absolute atomic E-state index is 0.0311. The van der Waals surface area contributed by atoms with Gasteiger partial charge in [-0.3, -0.25) is 0 Å². The van der Waals surface area contributed by atoms with Crippen molar-refractivity contribution in [2.45, 2.75) is 11.8 Å². The zero-order valence-electron chi connectivity index (χ0n) is 19.1. The lowest BCUT2D eigenvalue weighted by molar-refractivity contribution is 0.368. The van der Waals surface area contributed by atoms with Crippen LogP contribution in [0.4, 0.5) is 43.9 Å². The van der Waals surface area contributed by atoms with Crippen molar-refractivity contribution in [3.05, 3.63) is 141 Å². The quantitative estimate of drug-likeness (QED) is 0.111. The van der Waals surface area contributed by atoms with Crippen LogP contribution in [0.2, 0.25) is 0 Å². The SMILES string of the molecule is Fc1c(F)c(F)c(C(c2c[nH]c(C(c3ccc[nH]3)c3c(F)c(F)c(F)c(F)c3F)c2)c2ccc[nH]2)c(F)c1F. The van der Waals surface area contributed by atoms with Crippen molar-refractivity contribution in [1.29, 1.82) is 0 Å². The second-order valence-corrected chi connectivity index (χ2v) is 8.47. The summed E-state index contributed by atoms with van der Waals surface area (Å²) < 4.78 is 143. The monoisotopic (exact) mass is 557 g/mol. The van der Waals surface area contributed by atoms with Crippen molar-refractivity contribution < 1.29 is 43.9 Å². The highest BCUT2D eigenvalue weighted by molar-refractivity contribution is 5.47. The summed E-state index contributed by atoms with van der Waals surface area (Å²) in [6.45, 7) is 0. The van der Waals surface area contributed by atoms with Crippen LogP contribution in [0.5, 0.6) is 0 Å². The van der Waals surface area contributed by atoms with E-state index in [2.05, 4.69) is 15.0 Å². The average molecular weight is 557 g/mol. The molecule has 0 saturated carbocycles. The standard InChI is InChI=1S/C26H13F10N3/c27-17-15(18(28)22(32)25(35)21(17)31)13(10-3-1-5-37-10)9-7-12(39-8-9)14(11-4-2-6-38-11)16-19(29)23(33)26(36)24(34)20(16)30/h1-8,13-14,37-39H. The van der Waals surface area contributed by atoms with Gasteiger partial charge in [0.15, 0.2) is 46.5 Å². The number of aromatic amines is 3. The van der Waals surface area contributed by atoms with Crippen LogP contribution in [0.25, 0.3) is 0 Å². The molecule has 2 unspecified atom stereocenters. The van der Waals surface area contributed by atoms with E-state index in [9.17, 15) is 43.9 Å². The molecule has 13 heteroatoms. The van der Waals surface area contributed by atoms with Gasteiger partial charge in [-0.05, 0) is 35.9 Å². The van der Waals surface area contributed by atoms with Crippen LogP contribution in [0.15, 0.2) is 48.9 Å². The van der Waals surface area contributed by atoms with Crippen molar-refractivity contribution in [1.82, 2.24) is 15.0 Å². The molecule has 3 nitrogen and oxygen atoms in total. The Morgan fingerprint density at radius 3 is 1.23 bits per heavy atom. The third-order valence-electron chi connectivity index (χ3n) is 6.30. The van der Waals surface area contributed by atoms with Gasteiger partial charge in [0.25, 0.3) is 0 Å². The number of rotatable bonds is 6. The third-order valence-corrected chi connectivity index (χ3v) is 6.30. The highest BCUT2D eigenvalue weighted by Gasteiger charge is 2.36. The average Bonchev–Trinajstić information content (AvgIpc) is 3.72. The maximum atomic E-state index is 14.8. The summed E-state index contributed by atoms with van der Waals surface area (Å²) in [5, 5.41) is 0. The van der Waals surface area contributed by atoms with Crippen molar-refractivity contribution >= 4 is 0 Å². The third kappa shape index (κ3) is 4.08. The van der Waals surface area contributed by atoms with Crippen LogP contribution in [-0.2, 0) is 0 Å². The van der Waals surface area contributed by atoms with Crippen molar-refractivity contribution in [3.63, 3.8) is 0 Å². The molecule has 0 bridgehead atoms. The van der Waals surface area contributed by atoms with Crippen molar-refractivity contribution in [3.8, 4) is 0 Å². The summed E-state index contributed by atoms with van der Waals surface area (Å²) in [7, 11) is 0. The highest BCUT2D eigenvalue weighted by Crippen LogP contribution is 2.41. The molecule has 202 valence electrons. The Bertz CT molecular complexity index is 1490. The van der Waals surface area contributed by atoms with Gasteiger partial charge in [-0.15, -0.1) is 0 Å². The Balaban J connectivity index is 1.74. The lowest BCUT2D eigenvalue weighted by Gasteiger charge is -2.19. The molecule has 2 aromatic carbocycles. The lowest BCUT2D eigenvalue weighted by Crippen LogP contribution is -2.15. The van der Waals surface area contributed by atoms with Crippen LogP contribution in [0.1, 0.15) is 45.6 Å². The van der Waals surface area contributed by atoms with E-state index in [-0.39, 0.29) is 22.6 Å². The van der Waals surface area contributed by atoms with E-state index < -0.39 is 81.1 Å². The first kappa shape index (κ1) is 26.2. The lowest BCUT2D eigenvalue weighted by atomic mass is 9.87. The molecule has 0 saturated heterocycles. The molecule has 0 aliphatic heterocycles. The number of benzene rings is 2. The number of H-pyrrole nitrogens is 3. The number of nitrogens with one attached hydrogen (secondary N) is 3. The summed E-state index contributed by atoms with van der Waals surface area (Å²) in [4.78, 5) is 7.83. The van der Waals surface area contributed by atoms with Gasteiger partial charge in [0.1, 0.15) is 0 Å². The number of hydrogen-bond donors (Lipinski definition) is 3. The predicted octanol–water partition coefficient (Wildman–Crippen LogP) is 7.42. The van der Waals surface area contributed by atoms with Crippen molar-refractivity contribution in [2.24, 2.45) is 0 Å². The van der Waals surface area contributed by atoms with E-state index in [4.69, 9.17) is 0 Å². The van der Waals surface area contributed by atoms with Gasteiger partial charge in [-0.25, -0.2) is 43.9 Å². The molecule has 3 N–H and O–H groups in total. The molecule has 0 aliphatic carbocycles. The first-order valence-electron chi connectivity index (χ1n) is 11.0. The van der Waals surface area contributed by atoms with Crippen molar-refractivity contribution in [2.75, 3.05) is 0 Å². The molecular formula is C26H13F10N3. The summed E-state index contributed by atoms with van der Waals surface area (Å²) in [5.74, 6) is -25.4. The number of halogens is 10. The van der Waals surface area contributed by atoms with E-state index in [0.717, 1.165) is 12.3 Å². The topological polar surface area (TPSA) is 47.4 Å². The van der Waals surface area contributed by atoms with Gasteiger partial charge in [-0.2, -0.15) is 0 Å². The normalized spacial score (nSPS) is 13.2. The summed E-state index contributed by atoms with van der Waals surface area (Å²) in [6.07, 6.45) is 3.69. The van der Waals surface area contributed by atoms with Gasteiger partial charge >= 0.3 is 0 Å². The molecular weight excluding hydrogens is 544 g/mol. The molecule has 5 rings (SSSR count). The molecule has 0 fully saturated rings. The Hall–Kier alpha value is -4.42. The maximum absolute atomic E-state index is 14.8. The molecule has 2 atom stereocenters. The van der Waals surface area contributed by atoms with E-state index in [0.29, 0.717) is 0 Å². The molecule has 3 aromatic heterocycles. The first-order chi connectivity index (χ1) is 18.5. The van der Waals surface area contributed by atoms with E-state index in [1.165, 1.54) is 36.7 Å². The van der Waals surface area contributed by atoms with Crippen LogP contribution < -0.4 is 0 Å². The van der Waals surface area contributed by atoms with Crippen LogP contribution in [0.3, 0.4) is 0 Å². The second-order valence-electron chi connectivity index (χ2n) is 8.47. The fourth-order valence-electron chi connectivity index (χ4n) is 4.54. The molecule has 39 heavy (non-hydrogen) atoms. The fraction of sp³-hybridized carbons (Fsp3) is 0.0769. The zero-order chi connectivity index (χ0) is 28.2. The van der Waals surface area contributed by atoms with Gasteiger partial charge in [0, 0.05) is 46.8 Å². The van der Waals surface area contributed by atoms with Gasteiger partial charge in [0.05, 0.1) is 11.8 Å². The van der Waals surface area contributed by atoms with E-state index in [1.54, 1.807) is 0 Å². The Morgan fingerprint density at radius 2 is 0.821 bits per heavy atom. The second kappa shape index (κ2) is 9.71. The van der Waals surface area contributed by atoms with E-state index in [1.807, 2.05) is 0 Å². The molecule has 0 spiro atoms. The molecule has 0 aliphatic rings. The highest BCUT2D eigenvalue weighted by atomic mass is 19.2. The summed E-state index contributed by atoms with van der Waals surface area (Å²) >= 11 is 0. The smallest absolute Gasteiger partial charge is 0.200 e. The van der Waals surface area contributed by atoms with E-state index >= 15 is 0 Å². The Labute approximate surface area is 212 Å². The van der Waals surface area contributed by atoms with Crippen LogP contribution in [0, 0.1) is 58.2 Å². The Morgan fingerprint density at radius 1 is 0.436 bits per heavy atom. The van der Waals surface area contributed by atoms with Gasteiger partial charge in [0.2, 0.25) is 11.6 Å². The summed E-state index contributed by atoms with van der Waals surface area (Å²) in [6, 6.07) is 6.41. The fourth-order valence-corrected chi connectivity index (χ4v) is 4.54. The van der Waals surface area contributed by atoms with Crippen LogP contribution >= 0.6 is 0 Å². The Kier molecular flexibility index (Phi) is 6.52. The van der Waals surface area contributed by atoms with Crippen LogP contribution in [-0.4, -0.2) is 15.0 Å². The minimum Gasteiger partial charge on any atom is -0.364 e. The predicted molar refractivity (Wildman–Crippen MR) is 117 cm³/mol. The minimum atomic E-state index is -2.37. The van der Waals surface area contributed by atoms with Gasteiger partial charge < -0.3 is 15.0 Å².